The van der Waals surface area contributed by atoms with Gasteiger partial charge in [-0.25, -0.2) is 0 Å². The minimum Gasteiger partial charge on any atom is -0.493 e. The molecule has 0 radical (unpaired) electrons. The van der Waals surface area contributed by atoms with Crippen molar-refractivity contribution in [3.05, 3.63) is 59.7 Å². The summed E-state index contributed by atoms with van der Waals surface area (Å²) in [6.07, 6.45) is 0.776. The molecule has 2 rings (SSSR count). The summed E-state index contributed by atoms with van der Waals surface area (Å²) in [7, 11) is 1.56. The standard InChI is InChI=1S/C17H18O4/c1-19-16-8-7-15(12-18)11-17(16)21-10-9-20-13-14-5-3-2-4-6-14/h2-8,11-12H,9-10,13H2,1H3. The highest BCUT2D eigenvalue weighted by molar-refractivity contribution is 5.76. The Morgan fingerprint density at radius 2 is 1.81 bits per heavy atom. The molecule has 0 amide bonds. The maximum absolute atomic E-state index is 10.8. The van der Waals surface area contributed by atoms with E-state index in [1.54, 1.807) is 25.3 Å². The highest BCUT2D eigenvalue weighted by atomic mass is 16.5. The number of aldehydes is 1. The molecule has 21 heavy (non-hydrogen) atoms. The van der Waals surface area contributed by atoms with Crippen LogP contribution < -0.4 is 9.47 Å². The Labute approximate surface area is 124 Å². The van der Waals surface area contributed by atoms with Crippen LogP contribution in [0.5, 0.6) is 11.5 Å². The molecule has 0 bridgehead atoms. The average Bonchev–Trinajstić information content (AvgIpc) is 2.55. The van der Waals surface area contributed by atoms with Crippen molar-refractivity contribution in [2.75, 3.05) is 20.3 Å². The van der Waals surface area contributed by atoms with E-state index in [-0.39, 0.29) is 0 Å². The zero-order chi connectivity index (χ0) is 14.9. The van der Waals surface area contributed by atoms with Crippen molar-refractivity contribution in [1.82, 2.24) is 0 Å². The van der Waals surface area contributed by atoms with Gasteiger partial charge in [0.05, 0.1) is 20.3 Å². The lowest BCUT2D eigenvalue weighted by atomic mass is 10.2. The van der Waals surface area contributed by atoms with Gasteiger partial charge in [0.25, 0.3) is 0 Å². The molecule has 0 aliphatic carbocycles. The van der Waals surface area contributed by atoms with E-state index in [2.05, 4.69) is 0 Å². The van der Waals surface area contributed by atoms with Gasteiger partial charge in [0.1, 0.15) is 12.9 Å². The van der Waals surface area contributed by atoms with Gasteiger partial charge in [-0.1, -0.05) is 30.3 Å². The van der Waals surface area contributed by atoms with Crippen LogP contribution in [0.4, 0.5) is 0 Å². The summed E-state index contributed by atoms with van der Waals surface area (Å²) in [4.78, 5) is 10.8. The Morgan fingerprint density at radius 3 is 2.52 bits per heavy atom. The third-order valence-corrected chi connectivity index (χ3v) is 2.92. The predicted octanol–water partition coefficient (Wildman–Crippen LogP) is 3.10. The first-order valence-corrected chi connectivity index (χ1v) is 6.71. The fourth-order valence-corrected chi connectivity index (χ4v) is 1.85. The van der Waals surface area contributed by atoms with Crippen LogP contribution >= 0.6 is 0 Å². The van der Waals surface area contributed by atoms with Crippen molar-refractivity contribution in [2.24, 2.45) is 0 Å². The first-order valence-electron chi connectivity index (χ1n) is 6.71. The molecule has 0 N–H and O–H groups in total. The Morgan fingerprint density at radius 1 is 1.00 bits per heavy atom. The molecule has 4 heteroatoms. The van der Waals surface area contributed by atoms with Crippen LogP contribution in [-0.4, -0.2) is 26.6 Å². The molecule has 110 valence electrons. The summed E-state index contributed by atoms with van der Waals surface area (Å²) in [5.74, 6) is 1.15. The minimum atomic E-state index is 0.394. The van der Waals surface area contributed by atoms with Crippen LogP contribution in [0.3, 0.4) is 0 Å². The van der Waals surface area contributed by atoms with Crippen LogP contribution in [0, 0.1) is 0 Å². The Hall–Kier alpha value is -2.33. The fraction of sp³-hybridized carbons (Fsp3) is 0.235. The largest absolute Gasteiger partial charge is 0.493 e. The molecule has 0 unspecified atom stereocenters. The van der Waals surface area contributed by atoms with Crippen molar-refractivity contribution in [1.29, 1.82) is 0 Å². The maximum atomic E-state index is 10.8. The van der Waals surface area contributed by atoms with E-state index in [9.17, 15) is 4.79 Å². The van der Waals surface area contributed by atoms with Crippen LogP contribution in [0.2, 0.25) is 0 Å². The summed E-state index contributed by atoms with van der Waals surface area (Å²) < 4.78 is 16.3. The van der Waals surface area contributed by atoms with E-state index in [1.807, 2.05) is 30.3 Å². The SMILES string of the molecule is COc1ccc(C=O)cc1OCCOCc1ccccc1. The van der Waals surface area contributed by atoms with Gasteiger partial charge in [0.15, 0.2) is 11.5 Å². The molecule has 0 atom stereocenters. The predicted molar refractivity (Wildman–Crippen MR) is 80.0 cm³/mol. The van der Waals surface area contributed by atoms with Crippen molar-refractivity contribution in [3.63, 3.8) is 0 Å². The molecule has 0 aromatic heterocycles. The smallest absolute Gasteiger partial charge is 0.161 e. The summed E-state index contributed by atoms with van der Waals surface area (Å²) in [6.45, 7) is 1.41. The topological polar surface area (TPSA) is 44.8 Å². The van der Waals surface area contributed by atoms with Crippen LogP contribution in [0.15, 0.2) is 48.5 Å². The van der Waals surface area contributed by atoms with Crippen LogP contribution in [0.1, 0.15) is 15.9 Å². The van der Waals surface area contributed by atoms with Gasteiger partial charge >= 0.3 is 0 Å². The van der Waals surface area contributed by atoms with Crippen LogP contribution in [0.25, 0.3) is 0 Å². The number of carbonyl (C=O) groups is 1. The molecule has 0 saturated heterocycles. The first-order chi connectivity index (χ1) is 10.3. The number of methoxy groups -OCH3 is 1. The van der Waals surface area contributed by atoms with E-state index in [4.69, 9.17) is 14.2 Å². The lowest BCUT2D eigenvalue weighted by Crippen LogP contribution is -2.07. The molecule has 0 fully saturated rings. The second-order valence-electron chi connectivity index (χ2n) is 4.41. The van der Waals surface area contributed by atoms with Gasteiger partial charge in [0, 0.05) is 5.56 Å². The summed E-state index contributed by atoms with van der Waals surface area (Å²) in [5, 5.41) is 0. The van der Waals surface area contributed by atoms with E-state index < -0.39 is 0 Å². The summed E-state index contributed by atoms with van der Waals surface area (Å²) >= 11 is 0. The summed E-state index contributed by atoms with van der Waals surface area (Å²) in [5.41, 5.74) is 1.68. The number of ether oxygens (including phenoxy) is 3. The van der Waals surface area contributed by atoms with Gasteiger partial charge in [-0.15, -0.1) is 0 Å². The molecule has 2 aromatic rings. The summed E-state index contributed by atoms with van der Waals surface area (Å²) in [6, 6.07) is 15.0. The second kappa shape index (κ2) is 8.07. The zero-order valence-electron chi connectivity index (χ0n) is 12.0. The molecular formula is C17H18O4. The van der Waals surface area contributed by atoms with E-state index in [0.29, 0.717) is 36.9 Å². The lowest BCUT2D eigenvalue weighted by Gasteiger charge is -2.11. The Balaban J connectivity index is 1.79. The molecule has 0 saturated carbocycles. The number of benzene rings is 2. The number of hydrogen-bond donors (Lipinski definition) is 0. The third-order valence-electron chi connectivity index (χ3n) is 2.92. The van der Waals surface area contributed by atoms with Crippen molar-refractivity contribution < 1.29 is 19.0 Å². The molecule has 0 heterocycles. The lowest BCUT2D eigenvalue weighted by molar-refractivity contribution is 0.0879. The number of rotatable bonds is 8. The van der Waals surface area contributed by atoms with E-state index in [1.165, 1.54) is 0 Å². The zero-order valence-corrected chi connectivity index (χ0v) is 12.0. The van der Waals surface area contributed by atoms with Gasteiger partial charge in [0.2, 0.25) is 0 Å². The van der Waals surface area contributed by atoms with Gasteiger partial charge in [-0.2, -0.15) is 0 Å². The number of carbonyl (C=O) groups excluding carboxylic acids is 1. The van der Waals surface area contributed by atoms with Gasteiger partial charge in [-0.05, 0) is 23.8 Å². The van der Waals surface area contributed by atoms with Gasteiger partial charge in [-0.3, -0.25) is 4.79 Å². The molecule has 4 nitrogen and oxygen atoms in total. The third kappa shape index (κ3) is 4.61. The molecule has 0 spiro atoms. The highest BCUT2D eigenvalue weighted by Crippen LogP contribution is 2.27. The average molecular weight is 286 g/mol. The Bertz CT molecular complexity index is 566. The highest BCUT2D eigenvalue weighted by Gasteiger charge is 2.05. The van der Waals surface area contributed by atoms with Crippen molar-refractivity contribution in [2.45, 2.75) is 6.61 Å². The molecule has 0 aliphatic heterocycles. The normalized spacial score (nSPS) is 10.1. The fourth-order valence-electron chi connectivity index (χ4n) is 1.85. The van der Waals surface area contributed by atoms with Crippen molar-refractivity contribution in [3.8, 4) is 11.5 Å². The Kier molecular flexibility index (Phi) is 5.79. The monoisotopic (exact) mass is 286 g/mol. The molecular weight excluding hydrogens is 268 g/mol. The molecule has 2 aromatic carbocycles. The number of hydrogen-bond acceptors (Lipinski definition) is 4. The molecule has 0 aliphatic rings. The maximum Gasteiger partial charge on any atom is 0.161 e. The second-order valence-corrected chi connectivity index (χ2v) is 4.41. The quantitative estimate of drug-likeness (QED) is 0.552. The van der Waals surface area contributed by atoms with E-state index >= 15 is 0 Å². The van der Waals surface area contributed by atoms with Gasteiger partial charge < -0.3 is 14.2 Å². The van der Waals surface area contributed by atoms with Crippen LogP contribution in [-0.2, 0) is 11.3 Å². The van der Waals surface area contributed by atoms with Crippen molar-refractivity contribution >= 4 is 6.29 Å². The first kappa shape index (κ1) is 15.1. The minimum absolute atomic E-state index is 0.394. The van der Waals surface area contributed by atoms with E-state index in [0.717, 1.165) is 11.8 Å².